The van der Waals surface area contributed by atoms with Crippen LogP contribution in [0, 0.1) is 5.92 Å². The molecule has 1 aliphatic heterocycles. The Balaban J connectivity index is 1.72. The second-order valence-electron chi connectivity index (χ2n) is 5.16. The van der Waals surface area contributed by atoms with Gasteiger partial charge in [-0.1, -0.05) is 0 Å². The molecule has 0 saturated carbocycles. The molecule has 2 amide bonds. The standard InChI is InChI=1S/C14H19BrN4O3/c15-11-2-1-5-17-13(11)19-6-3-10(4-7-19)8-18-14(21)22-9-12(16)20/h1-2,5,10H,3-4,6-9H2,(H2,16,20)(H,18,21). The number of pyridine rings is 1. The topological polar surface area (TPSA) is 97.6 Å². The zero-order valence-corrected chi connectivity index (χ0v) is 13.7. The number of ether oxygens (including phenoxy) is 1. The summed E-state index contributed by atoms with van der Waals surface area (Å²) < 4.78 is 5.64. The van der Waals surface area contributed by atoms with E-state index in [0.717, 1.165) is 36.2 Å². The van der Waals surface area contributed by atoms with Gasteiger partial charge in [-0.15, -0.1) is 0 Å². The number of hydrogen-bond donors (Lipinski definition) is 2. The van der Waals surface area contributed by atoms with Crippen molar-refractivity contribution in [2.24, 2.45) is 11.7 Å². The van der Waals surface area contributed by atoms with Crippen molar-refractivity contribution in [3.8, 4) is 0 Å². The third-order valence-electron chi connectivity index (χ3n) is 3.53. The quantitative estimate of drug-likeness (QED) is 0.813. The van der Waals surface area contributed by atoms with Gasteiger partial charge in [0.15, 0.2) is 6.61 Å². The van der Waals surface area contributed by atoms with Crippen LogP contribution in [-0.4, -0.2) is 43.2 Å². The molecule has 0 radical (unpaired) electrons. The molecule has 8 heteroatoms. The largest absolute Gasteiger partial charge is 0.439 e. The minimum Gasteiger partial charge on any atom is -0.439 e. The van der Waals surface area contributed by atoms with E-state index in [2.05, 4.69) is 35.9 Å². The highest BCUT2D eigenvalue weighted by molar-refractivity contribution is 9.10. The molecule has 0 spiro atoms. The lowest BCUT2D eigenvalue weighted by atomic mass is 9.97. The average Bonchev–Trinajstić information content (AvgIpc) is 2.52. The Morgan fingerprint density at radius 1 is 1.45 bits per heavy atom. The number of amides is 2. The summed E-state index contributed by atoms with van der Waals surface area (Å²) in [7, 11) is 0. The van der Waals surface area contributed by atoms with Crippen molar-refractivity contribution in [3.05, 3.63) is 22.8 Å². The zero-order chi connectivity index (χ0) is 15.9. The zero-order valence-electron chi connectivity index (χ0n) is 12.1. The summed E-state index contributed by atoms with van der Waals surface area (Å²) in [5.74, 6) is 0.680. The molecule has 1 aromatic heterocycles. The van der Waals surface area contributed by atoms with E-state index in [4.69, 9.17) is 5.73 Å². The number of nitrogens with one attached hydrogen (secondary N) is 1. The van der Waals surface area contributed by atoms with Gasteiger partial charge in [0, 0.05) is 25.8 Å². The van der Waals surface area contributed by atoms with Crippen LogP contribution in [-0.2, 0) is 9.53 Å². The van der Waals surface area contributed by atoms with Crippen LogP contribution in [0.25, 0.3) is 0 Å². The molecule has 1 saturated heterocycles. The Morgan fingerprint density at radius 2 is 2.18 bits per heavy atom. The molecular formula is C14H19BrN4O3. The number of hydrogen-bond acceptors (Lipinski definition) is 5. The molecule has 0 unspecified atom stereocenters. The van der Waals surface area contributed by atoms with E-state index in [1.54, 1.807) is 6.20 Å². The van der Waals surface area contributed by atoms with Gasteiger partial charge in [-0.05, 0) is 46.8 Å². The molecule has 0 bridgehead atoms. The predicted molar refractivity (Wildman–Crippen MR) is 85.4 cm³/mol. The summed E-state index contributed by atoms with van der Waals surface area (Å²) in [6, 6.07) is 3.87. The Kier molecular flexibility index (Phi) is 6.00. The van der Waals surface area contributed by atoms with Gasteiger partial charge in [0.05, 0.1) is 4.47 Å². The van der Waals surface area contributed by atoms with Gasteiger partial charge in [0.2, 0.25) is 0 Å². The summed E-state index contributed by atoms with van der Waals surface area (Å²) in [4.78, 5) is 28.5. The lowest BCUT2D eigenvalue weighted by Crippen LogP contribution is -2.39. The van der Waals surface area contributed by atoms with Crippen LogP contribution in [0.3, 0.4) is 0 Å². The number of anilines is 1. The van der Waals surface area contributed by atoms with Crippen LogP contribution in [0.1, 0.15) is 12.8 Å². The molecular weight excluding hydrogens is 352 g/mol. The molecule has 2 heterocycles. The lowest BCUT2D eigenvalue weighted by molar-refractivity contribution is -0.120. The molecule has 0 atom stereocenters. The Bertz CT molecular complexity index is 533. The molecule has 7 nitrogen and oxygen atoms in total. The van der Waals surface area contributed by atoms with Gasteiger partial charge in [0.1, 0.15) is 5.82 Å². The highest BCUT2D eigenvalue weighted by atomic mass is 79.9. The second-order valence-corrected chi connectivity index (χ2v) is 6.02. The number of nitrogens with zero attached hydrogens (tertiary/aromatic N) is 2. The fourth-order valence-electron chi connectivity index (χ4n) is 2.37. The fourth-order valence-corrected chi connectivity index (χ4v) is 2.88. The van der Waals surface area contributed by atoms with Gasteiger partial charge in [-0.2, -0.15) is 0 Å². The molecule has 1 fully saturated rings. The maximum atomic E-state index is 11.4. The highest BCUT2D eigenvalue weighted by Gasteiger charge is 2.22. The van der Waals surface area contributed by atoms with Gasteiger partial charge in [0.25, 0.3) is 5.91 Å². The summed E-state index contributed by atoms with van der Waals surface area (Å²) in [6.45, 7) is 1.92. The monoisotopic (exact) mass is 370 g/mol. The first-order valence-corrected chi connectivity index (χ1v) is 7.90. The number of nitrogens with two attached hydrogens (primary N) is 1. The van der Waals surface area contributed by atoms with Crippen LogP contribution in [0.4, 0.5) is 10.6 Å². The van der Waals surface area contributed by atoms with Crippen molar-refractivity contribution in [3.63, 3.8) is 0 Å². The molecule has 22 heavy (non-hydrogen) atoms. The number of aromatic nitrogens is 1. The van der Waals surface area contributed by atoms with Crippen molar-refractivity contribution in [1.29, 1.82) is 0 Å². The summed E-state index contributed by atoms with van der Waals surface area (Å²) in [6.07, 6.45) is 3.09. The third-order valence-corrected chi connectivity index (χ3v) is 4.15. The second kappa shape index (κ2) is 7.98. The molecule has 1 aliphatic rings. The number of rotatable bonds is 5. The van der Waals surface area contributed by atoms with Crippen molar-refractivity contribution >= 4 is 33.7 Å². The van der Waals surface area contributed by atoms with E-state index < -0.39 is 18.6 Å². The highest BCUT2D eigenvalue weighted by Crippen LogP contribution is 2.27. The number of carbonyl (C=O) groups is 2. The molecule has 2 rings (SSSR count). The van der Waals surface area contributed by atoms with Gasteiger partial charge >= 0.3 is 6.09 Å². The Morgan fingerprint density at radius 3 is 2.82 bits per heavy atom. The SMILES string of the molecule is NC(=O)COC(=O)NCC1CCN(c2ncccc2Br)CC1. The molecule has 3 N–H and O–H groups in total. The summed E-state index contributed by atoms with van der Waals surface area (Å²) in [5, 5.41) is 2.66. The minimum atomic E-state index is -0.663. The van der Waals surface area contributed by atoms with Crippen LogP contribution in [0.2, 0.25) is 0 Å². The first-order valence-electron chi connectivity index (χ1n) is 7.10. The van der Waals surface area contributed by atoms with Crippen molar-refractivity contribution < 1.29 is 14.3 Å². The van der Waals surface area contributed by atoms with E-state index in [1.165, 1.54) is 0 Å². The molecule has 120 valence electrons. The first kappa shape index (κ1) is 16.5. The maximum absolute atomic E-state index is 11.4. The number of alkyl carbamates (subject to hydrolysis) is 1. The van der Waals surface area contributed by atoms with E-state index in [9.17, 15) is 9.59 Å². The van der Waals surface area contributed by atoms with Crippen LogP contribution >= 0.6 is 15.9 Å². The third kappa shape index (κ3) is 4.87. The van der Waals surface area contributed by atoms with Crippen LogP contribution in [0.15, 0.2) is 22.8 Å². The molecule has 1 aromatic rings. The fraction of sp³-hybridized carbons (Fsp3) is 0.500. The number of piperidine rings is 1. The van der Waals surface area contributed by atoms with Gasteiger partial charge in [-0.3, -0.25) is 4.79 Å². The Labute approximate surface area is 137 Å². The number of halogens is 1. The average molecular weight is 371 g/mol. The smallest absolute Gasteiger partial charge is 0.407 e. The van der Waals surface area contributed by atoms with Crippen molar-refractivity contribution in [2.75, 3.05) is 31.1 Å². The van der Waals surface area contributed by atoms with Crippen molar-refractivity contribution in [2.45, 2.75) is 12.8 Å². The van der Waals surface area contributed by atoms with Gasteiger partial charge < -0.3 is 20.7 Å². The van der Waals surface area contributed by atoms with E-state index in [0.29, 0.717) is 12.5 Å². The predicted octanol–water partition coefficient (Wildman–Crippen LogP) is 1.27. The lowest BCUT2D eigenvalue weighted by Gasteiger charge is -2.33. The minimum absolute atomic E-state index is 0.389. The Hall–Kier alpha value is -1.83. The first-order chi connectivity index (χ1) is 10.6. The van der Waals surface area contributed by atoms with Crippen molar-refractivity contribution in [1.82, 2.24) is 10.3 Å². The normalized spacial score (nSPS) is 15.4. The van der Waals surface area contributed by atoms with E-state index >= 15 is 0 Å². The van der Waals surface area contributed by atoms with Crippen LogP contribution < -0.4 is 16.0 Å². The molecule has 0 aromatic carbocycles. The number of carbonyl (C=O) groups excluding carboxylic acids is 2. The number of primary amides is 1. The maximum Gasteiger partial charge on any atom is 0.407 e. The van der Waals surface area contributed by atoms with Crippen LogP contribution in [0.5, 0.6) is 0 Å². The van der Waals surface area contributed by atoms with E-state index in [-0.39, 0.29) is 0 Å². The summed E-state index contributed by atoms with van der Waals surface area (Å²) >= 11 is 3.51. The molecule has 0 aliphatic carbocycles. The summed E-state index contributed by atoms with van der Waals surface area (Å²) in [5.41, 5.74) is 4.90. The van der Waals surface area contributed by atoms with Gasteiger partial charge in [-0.25, -0.2) is 9.78 Å². The van der Waals surface area contributed by atoms with E-state index in [1.807, 2.05) is 12.1 Å².